The molecule has 1 N–H and O–H groups in total. The number of nitrogens with zero attached hydrogens (tertiary/aromatic N) is 2. The van der Waals surface area contributed by atoms with Gasteiger partial charge in [-0.1, -0.05) is 113 Å². The molecule has 1 aliphatic rings. The molecule has 5 rings (SSSR count). The normalized spacial score (nSPS) is 14.2. The van der Waals surface area contributed by atoms with Gasteiger partial charge in [-0.2, -0.15) is 0 Å². The van der Waals surface area contributed by atoms with Gasteiger partial charge < -0.3 is 10.2 Å². The number of hydrogen-bond donors (Lipinski definition) is 1. The second kappa shape index (κ2) is 16.2. The molecule has 4 aromatic carbocycles. The maximum Gasteiger partial charge on any atom is 0.264 e. The zero-order valence-electron chi connectivity index (χ0n) is 27.2. The van der Waals surface area contributed by atoms with Crippen molar-refractivity contribution >= 4 is 55.1 Å². The van der Waals surface area contributed by atoms with Crippen LogP contribution in [0.25, 0.3) is 0 Å². The molecule has 2 amide bonds. The van der Waals surface area contributed by atoms with Crippen LogP contribution in [0.5, 0.6) is 0 Å². The van der Waals surface area contributed by atoms with Crippen LogP contribution in [0.15, 0.2) is 106 Å². The van der Waals surface area contributed by atoms with Crippen molar-refractivity contribution in [1.82, 2.24) is 10.2 Å². The monoisotopic (exact) mass is 749 g/mol. The molecule has 0 aromatic heterocycles. The maximum atomic E-state index is 14.8. The molecule has 0 unspecified atom stereocenters. The quantitative estimate of drug-likeness (QED) is 0.159. The van der Waals surface area contributed by atoms with Gasteiger partial charge in [-0.05, 0) is 79.8 Å². The van der Waals surface area contributed by atoms with Crippen LogP contribution in [0.1, 0.15) is 54.4 Å². The van der Waals surface area contributed by atoms with Crippen molar-refractivity contribution in [2.24, 2.45) is 0 Å². The van der Waals surface area contributed by atoms with Crippen molar-refractivity contribution in [3.8, 4) is 0 Å². The Bertz CT molecular complexity index is 1810. The molecule has 1 fully saturated rings. The first-order valence-corrected chi connectivity index (χ1v) is 18.9. The van der Waals surface area contributed by atoms with Gasteiger partial charge in [0.05, 0.1) is 10.6 Å². The Morgan fingerprint density at radius 3 is 2.19 bits per heavy atom. The summed E-state index contributed by atoms with van der Waals surface area (Å²) in [7, 11) is -4.22. The van der Waals surface area contributed by atoms with Crippen LogP contribution < -0.4 is 9.62 Å². The van der Waals surface area contributed by atoms with Crippen LogP contribution in [0.4, 0.5) is 5.69 Å². The predicted molar refractivity (Wildman–Crippen MR) is 196 cm³/mol. The summed E-state index contributed by atoms with van der Waals surface area (Å²) in [6.45, 7) is 3.18. The van der Waals surface area contributed by atoms with Crippen molar-refractivity contribution in [1.29, 1.82) is 0 Å². The van der Waals surface area contributed by atoms with Crippen LogP contribution in [0, 0.1) is 13.8 Å². The largest absolute Gasteiger partial charge is 0.352 e. The summed E-state index contributed by atoms with van der Waals surface area (Å²) >= 11 is 9.98. The fourth-order valence-electron chi connectivity index (χ4n) is 6.10. The Kier molecular flexibility index (Phi) is 12.0. The molecule has 0 heterocycles. The molecule has 48 heavy (non-hydrogen) atoms. The topological polar surface area (TPSA) is 86.8 Å². The Balaban J connectivity index is 1.58. The Morgan fingerprint density at radius 2 is 1.52 bits per heavy atom. The van der Waals surface area contributed by atoms with Crippen LogP contribution in [0.3, 0.4) is 0 Å². The number of carbonyl (C=O) groups is 2. The fraction of sp³-hybridized carbons (Fsp3) is 0.316. The number of halogens is 2. The van der Waals surface area contributed by atoms with Gasteiger partial charge in [0.1, 0.15) is 12.6 Å². The molecule has 0 radical (unpaired) electrons. The lowest BCUT2D eigenvalue weighted by Crippen LogP contribution is -2.55. The highest BCUT2D eigenvalue weighted by Gasteiger charge is 2.36. The maximum absolute atomic E-state index is 14.8. The number of hydrogen-bond acceptors (Lipinski definition) is 4. The number of nitrogens with one attached hydrogen (secondary N) is 1. The Morgan fingerprint density at radius 1 is 0.854 bits per heavy atom. The Labute approximate surface area is 297 Å². The van der Waals surface area contributed by atoms with Gasteiger partial charge in [0, 0.05) is 28.5 Å². The number of amides is 2. The van der Waals surface area contributed by atoms with Crippen molar-refractivity contribution in [2.75, 3.05) is 10.8 Å². The molecule has 0 saturated heterocycles. The number of aryl methyl sites for hydroxylation is 1. The van der Waals surface area contributed by atoms with Gasteiger partial charge in [0.25, 0.3) is 10.0 Å². The lowest BCUT2D eigenvalue weighted by molar-refractivity contribution is -0.140. The molecule has 0 spiro atoms. The van der Waals surface area contributed by atoms with Gasteiger partial charge in [0.15, 0.2) is 0 Å². The molecule has 10 heteroatoms. The first-order chi connectivity index (χ1) is 23.0. The Hall–Kier alpha value is -3.66. The number of benzene rings is 4. The molecular formula is C38H41BrClN3O4S. The number of rotatable bonds is 12. The summed E-state index contributed by atoms with van der Waals surface area (Å²) in [5.74, 6) is -0.754. The lowest BCUT2D eigenvalue weighted by atomic mass is 9.94. The summed E-state index contributed by atoms with van der Waals surface area (Å²) in [5.41, 5.74) is 3.43. The van der Waals surface area contributed by atoms with Crippen LogP contribution in [-0.2, 0) is 32.6 Å². The minimum absolute atomic E-state index is 0.0293. The smallest absolute Gasteiger partial charge is 0.264 e. The molecule has 4 aromatic rings. The second-order valence-corrected chi connectivity index (χ2v) is 15.6. The van der Waals surface area contributed by atoms with E-state index in [9.17, 15) is 18.0 Å². The third kappa shape index (κ3) is 8.87. The molecular weight excluding hydrogens is 710 g/mol. The highest BCUT2D eigenvalue weighted by Crippen LogP contribution is 2.32. The summed E-state index contributed by atoms with van der Waals surface area (Å²) < 4.78 is 30.7. The average Bonchev–Trinajstić information content (AvgIpc) is 3.08. The van der Waals surface area contributed by atoms with Gasteiger partial charge in [0.2, 0.25) is 11.8 Å². The van der Waals surface area contributed by atoms with Crippen molar-refractivity contribution < 1.29 is 18.0 Å². The fourth-order valence-corrected chi connectivity index (χ4v) is 8.01. The van der Waals surface area contributed by atoms with E-state index in [0.29, 0.717) is 16.3 Å². The van der Waals surface area contributed by atoms with Crippen molar-refractivity contribution in [3.05, 3.63) is 129 Å². The zero-order valence-corrected chi connectivity index (χ0v) is 30.4. The van der Waals surface area contributed by atoms with Crippen LogP contribution in [-0.4, -0.2) is 43.8 Å². The standard InChI is InChI=1S/C38H41BrClN3O4S/c1-27-16-22-33(23-17-27)48(46,47)43(35-15-9-14-34(40)28(35)2)26-37(44)42(25-30-18-20-31(39)21-19-30)36(24-29-10-5-3-6-11-29)38(45)41-32-12-7-4-8-13-32/h3,5-6,9-11,14-23,32,36H,4,7-8,12-13,24-26H2,1-2H3,(H,41,45)/t36-/m0/s1. The van der Waals surface area contributed by atoms with Crippen LogP contribution >= 0.6 is 27.5 Å². The van der Waals surface area contributed by atoms with Crippen molar-refractivity contribution in [3.63, 3.8) is 0 Å². The highest BCUT2D eigenvalue weighted by atomic mass is 79.9. The first kappa shape index (κ1) is 35.6. The molecule has 1 aliphatic carbocycles. The third-order valence-corrected chi connectivity index (χ3v) is 11.6. The van der Waals surface area contributed by atoms with Crippen LogP contribution in [0.2, 0.25) is 5.02 Å². The molecule has 0 aliphatic heterocycles. The average molecular weight is 751 g/mol. The number of sulfonamides is 1. The molecule has 1 saturated carbocycles. The van der Waals surface area contributed by atoms with E-state index in [1.165, 1.54) is 17.0 Å². The SMILES string of the molecule is Cc1ccc(S(=O)(=O)N(CC(=O)N(Cc2ccc(Br)cc2)[C@@H](Cc2ccccc2)C(=O)NC2CCCCC2)c2cccc(Cl)c2C)cc1. The third-order valence-electron chi connectivity index (χ3n) is 8.88. The van der Waals surface area contributed by atoms with Gasteiger partial charge in [-0.3, -0.25) is 13.9 Å². The van der Waals surface area contributed by atoms with E-state index in [4.69, 9.17) is 11.6 Å². The summed E-state index contributed by atoms with van der Waals surface area (Å²) in [4.78, 5) is 30.6. The van der Waals surface area contributed by atoms with E-state index >= 15 is 0 Å². The van der Waals surface area contributed by atoms with E-state index in [1.54, 1.807) is 37.3 Å². The lowest BCUT2D eigenvalue weighted by Gasteiger charge is -2.35. The van der Waals surface area contributed by atoms with Gasteiger partial charge >= 0.3 is 0 Å². The minimum Gasteiger partial charge on any atom is -0.352 e. The van der Waals surface area contributed by atoms with E-state index in [0.717, 1.165) is 57.6 Å². The molecule has 0 bridgehead atoms. The molecule has 252 valence electrons. The van der Waals surface area contributed by atoms with Gasteiger partial charge in [-0.15, -0.1) is 0 Å². The molecule has 7 nitrogen and oxygen atoms in total. The zero-order chi connectivity index (χ0) is 34.3. The predicted octanol–water partition coefficient (Wildman–Crippen LogP) is 8.00. The summed E-state index contributed by atoms with van der Waals surface area (Å²) in [6, 6.07) is 27.8. The first-order valence-electron chi connectivity index (χ1n) is 16.3. The number of anilines is 1. The van der Waals surface area contributed by atoms with E-state index in [-0.39, 0.29) is 29.8 Å². The highest BCUT2D eigenvalue weighted by molar-refractivity contribution is 9.10. The van der Waals surface area contributed by atoms with E-state index in [2.05, 4.69) is 21.2 Å². The summed E-state index contributed by atoms with van der Waals surface area (Å²) in [6.07, 6.45) is 5.27. The minimum atomic E-state index is -4.22. The number of carbonyl (C=O) groups excluding carboxylic acids is 2. The van der Waals surface area contributed by atoms with Crippen molar-refractivity contribution in [2.45, 2.75) is 75.9 Å². The van der Waals surface area contributed by atoms with E-state index in [1.807, 2.05) is 61.5 Å². The summed E-state index contributed by atoms with van der Waals surface area (Å²) in [5, 5.41) is 3.62. The van der Waals surface area contributed by atoms with E-state index < -0.39 is 28.5 Å². The van der Waals surface area contributed by atoms with Gasteiger partial charge in [-0.25, -0.2) is 8.42 Å². The molecule has 1 atom stereocenters. The second-order valence-electron chi connectivity index (χ2n) is 12.4.